The van der Waals surface area contributed by atoms with Gasteiger partial charge in [0.2, 0.25) is 0 Å². The van der Waals surface area contributed by atoms with Crippen LogP contribution < -0.4 is 0 Å². The van der Waals surface area contributed by atoms with E-state index in [1.807, 2.05) is 36.7 Å². The Morgan fingerprint density at radius 2 is 0.950 bits per heavy atom. The molecule has 0 aliphatic carbocycles. The second-order valence-corrected chi connectivity index (χ2v) is 6.93. The molecule has 0 aliphatic heterocycles. The van der Waals surface area contributed by atoms with Gasteiger partial charge in [0.1, 0.15) is 0 Å². The lowest BCUT2D eigenvalue weighted by Crippen LogP contribution is -2.12. The van der Waals surface area contributed by atoms with E-state index in [9.17, 15) is 0 Å². The van der Waals surface area contributed by atoms with Gasteiger partial charge in [0, 0.05) is 34.6 Å². The summed E-state index contributed by atoms with van der Waals surface area (Å²) >= 11 is 0. The largest absolute Gasteiger partial charge is 0.261 e. The summed E-state index contributed by atoms with van der Waals surface area (Å²) in [4.78, 5) is 8.50. The topological polar surface area (TPSA) is 25.8 Å². The van der Waals surface area contributed by atoms with Crippen molar-refractivity contribution in [2.45, 2.75) is 52.4 Å². The zero-order valence-corrected chi connectivity index (χ0v) is 13.5. The highest BCUT2D eigenvalue weighted by atomic mass is 14.7. The normalized spacial score (nSPS) is 11.5. The van der Waals surface area contributed by atoms with Crippen molar-refractivity contribution in [1.29, 1.82) is 0 Å². The summed E-state index contributed by atoms with van der Waals surface area (Å²) in [7, 11) is 0. The van der Waals surface area contributed by atoms with E-state index in [1.165, 1.54) is 0 Å². The third-order valence-electron chi connectivity index (χ3n) is 2.87. The second kappa shape index (κ2) is 6.65. The smallest absolute Gasteiger partial charge is 0.0457 e. The summed E-state index contributed by atoms with van der Waals surface area (Å²) in [5.74, 6) is 0. The summed E-state index contributed by atoms with van der Waals surface area (Å²) in [6.07, 6.45) is 3.67. The molecule has 2 nitrogen and oxygen atoms in total. The van der Waals surface area contributed by atoms with Gasteiger partial charge in [-0.25, -0.2) is 0 Å². The number of rotatable bonds is 0. The molecule has 0 bridgehead atoms. The first-order valence-electron chi connectivity index (χ1n) is 7.04. The minimum Gasteiger partial charge on any atom is -0.261 e. The van der Waals surface area contributed by atoms with Crippen molar-refractivity contribution in [3.63, 3.8) is 0 Å². The van der Waals surface area contributed by atoms with E-state index in [-0.39, 0.29) is 10.8 Å². The van der Waals surface area contributed by atoms with Crippen LogP contribution in [0, 0.1) is 0 Å². The van der Waals surface area contributed by atoms with E-state index in [4.69, 9.17) is 0 Å². The Labute approximate surface area is 123 Å². The monoisotopic (exact) mass is 270 g/mol. The highest BCUT2D eigenvalue weighted by Crippen LogP contribution is 2.18. The molecule has 0 aromatic carbocycles. The Balaban J connectivity index is 0.000000200. The molecule has 0 amide bonds. The number of pyridine rings is 2. The summed E-state index contributed by atoms with van der Waals surface area (Å²) in [5.41, 5.74) is 2.66. The molecular formula is C18H26N2. The quantitative estimate of drug-likeness (QED) is 0.690. The minimum absolute atomic E-state index is 0.182. The molecule has 0 fully saturated rings. The van der Waals surface area contributed by atoms with E-state index in [0.717, 1.165) is 11.4 Å². The van der Waals surface area contributed by atoms with Crippen LogP contribution in [-0.2, 0) is 10.8 Å². The van der Waals surface area contributed by atoms with Crippen LogP contribution >= 0.6 is 0 Å². The predicted molar refractivity (Wildman–Crippen MR) is 85.9 cm³/mol. The molecule has 2 aromatic heterocycles. The van der Waals surface area contributed by atoms with Gasteiger partial charge in [-0.3, -0.25) is 9.97 Å². The maximum atomic E-state index is 4.25. The molecular weight excluding hydrogens is 244 g/mol. The molecule has 0 aliphatic rings. The molecule has 108 valence electrons. The van der Waals surface area contributed by atoms with Crippen LogP contribution in [0.2, 0.25) is 0 Å². The molecule has 0 unspecified atom stereocenters. The lowest BCUT2D eigenvalue weighted by Gasteiger charge is -2.16. The van der Waals surface area contributed by atoms with E-state index >= 15 is 0 Å². The molecule has 2 rings (SSSR count). The molecule has 0 N–H and O–H groups in total. The van der Waals surface area contributed by atoms with Crippen molar-refractivity contribution in [3.05, 3.63) is 60.2 Å². The van der Waals surface area contributed by atoms with Crippen LogP contribution in [0.1, 0.15) is 52.9 Å². The number of hydrogen-bond donors (Lipinski definition) is 0. The van der Waals surface area contributed by atoms with Crippen LogP contribution in [0.4, 0.5) is 0 Å². The third kappa shape index (κ3) is 5.52. The maximum Gasteiger partial charge on any atom is 0.0457 e. The van der Waals surface area contributed by atoms with Crippen molar-refractivity contribution in [3.8, 4) is 0 Å². The molecule has 0 saturated carbocycles. The van der Waals surface area contributed by atoms with Crippen molar-refractivity contribution in [2.24, 2.45) is 0 Å². The van der Waals surface area contributed by atoms with Crippen LogP contribution in [0.5, 0.6) is 0 Å². The molecule has 0 saturated heterocycles. The van der Waals surface area contributed by atoms with Gasteiger partial charge in [-0.1, -0.05) is 53.7 Å². The predicted octanol–water partition coefficient (Wildman–Crippen LogP) is 4.76. The van der Waals surface area contributed by atoms with Crippen LogP contribution in [0.3, 0.4) is 0 Å². The van der Waals surface area contributed by atoms with E-state index < -0.39 is 0 Å². The molecule has 0 atom stereocenters. The van der Waals surface area contributed by atoms with Gasteiger partial charge < -0.3 is 0 Å². The second-order valence-electron chi connectivity index (χ2n) is 6.93. The standard InChI is InChI=1S/2C9H13N/c2*1-9(2,3)8-6-4-5-7-10-8/h2*4-7H,1-3H3. The number of aromatic nitrogens is 2. The Kier molecular flexibility index (Phi) is 5.43. The zero-order chi connectivity index (χ0) is 15.2. The highest BCUT2D eigenvalue weighted by molar-refractivity contribution is 5.13. The summed E-state index contributed by atoms with van der Waals surface area (Å²) in [5, 5.41) is 0. The lowest BCUT2D eigenvalue weighted by atomic mass is 9.92. The van der Waals surface area contributed by atoms with Crippen molar-refractivity contribution >= 4 is 0 Å². The van der Waals surface area contributed by atoms with E-state index in [1.54, 1.807) is 0 Å². The fraction of sp³-hybridized carbons (Fsp3) is 0.444. The van der Waals surface area contributed by atoms with Crippen LogP contribution in [0.15, 0.2) is 48.8 Å². The third-order valence-corrected chi connectivity index (χ3v) is 2.87. The average Bonchev–Trinajstić information content (AvgIpc) is 2.40. The van der Waals surface area contributed by atoms with Crippen molar-refractivity contribution in [2.75, 3.05) is 0 Å². The van der Waals surface area contributed by atoms with Gasteiger partial charge in [0.15, 0.2) is 0 Å². The van der Waals surface area contributed by atoms with Crippen molar-refractivity contribution in [1.82, 2.24) is 9.97 Å². The molecule has 2 heterocycles. The maximum absolute atomic E-state index is 4.25. The SMILES string of the molecule is CC(C)(C)c1ccccn1.CC(C)(C)c1ccccn1. The molecule has 0 spiro atoms. The Morgan fingerprint density at radius 3 is 1.10 bits per heavy atom. The summed E-state index contributed by atoms with van der Waals surface area (Å²) < 4.78 is 0. The summed E-state index contributed by atoms with van der Waals surface area (Å²) in [6, 6.07) is 12.0. The average molecular weight is 270 g/mol. The molecule has 0 radical (unpaired) electrons. The first kappa shape index (κ1) is 16.4. The first-order chi connectivity index (χ1) is 9.21. The van der Waals surface area contributed by atoms with Gasteiger partial charge in [0.25, 0.3) is 0 Å². The van der Waals surface area contributed by atoms with E-state index in [0.29, 0.717) is 0 Å². The van der Waals surface area contributed by atoms with Crippen LogP contribution in [-0.4, -0.2) is 9.97 Å². The van der Waals surface area contributed by atoms with Gasteiger partial charge in [-0.05, 0) is 24.3 Å². The van der Waals surface area contributed by atoms with Gasteiger partial charge in [0.05, 0.1) is 0 Å². The molecule has 20 heavy (non-hydrogen) atoms. The highest BCUT2D eigenvalue weighted by Gasteiger charge is 2.13. The lowest BCUT2D eigenvalue weighted by molar-refractivity contribution is 0.569. The zero-order valence-electron chi connectivity index (χ0n) is 13.5. The van der Waals surface area contributed by atoms with Crippen LogP contribution in [0.25, 0.3) is 0 Å². The van der Waals surface area contributed by atoms with Gasteiger partial charge >= 0.3 is 0 Å². The Morgan fingerprint density at radius 1 is 0.600 bits per heavy atom. The molecule has 2 aromatic rings. The van der Waals surface area contributed by atoms with E-state index in [2.05, 4.69) is 63.6 Å². The van der Waals surface area contributed by atoms with Crippen molar-refractivity contribution < 1.29 is 0 Å². The fourth-order valence-corrected chi connectivity index (χ4v) is 1.61. The van der Waals surface area contributed by atoms with Gasteiger partial charge in [-0.15, -0.1) is 0 Å². The Hall–Kier alpha value is -1.70. The Bertz CT molecular complexity index is 441. The fourth-order valence-electron chi connectivity index (χ4n) is 1.61. The molecule has 2 heteroatoms. The minimum atomic E-state index is 0.182. The van der Waals surface area contributed by atoms with Gasteiger partial charge in [-0.2, -0.15) is 0 Å². The summed E-state index contributed by atoms with van der Waals surface area (Å²) in [6.45, 7) is 13.0. The first-order valence-corrected chi connectivity index (χ1v) is 7.04. The number of nitrogens with zero attached hydrogens (tertiary/aromatic N) is 2. The number of hydrogen-bond acceptors (Lipinski definition) is 2.